The third-order valence-corrected chi connectivity index (χ3v) is 12.1. The van der Waals surface area contributed by atoms with Crippen LogP contribution in [0.1, 0.15) is 118 Å². The predicted octanol–water partition coefficient (Wildman–Crippen LogP) is 7.64. The van der Waals surface area contributed by atoms with Crippen molar-refractivity contribution in [2.75, 3.05) is 6.54 Å². The fraction of sp³-hybridized carbons (Fsp3) is 0.909. The van der Waals surface area contributed by atoms with Crippen LogP contribution in [0.4, 0.5) is 8.78 Å². The van der Waals surface area contributed by atoms with Crippen LogP contribution < -0.4 is 11.5 Å². The topological polar surface area (TPSA) is 78.3 Å². The number of carbonyl (C=O) groups is 1. The number of allylic oxidation sites excluding steroid dienone is 1. The average Bonchev–Trinajstić information content (AvgIpc) is 3.24. The Bertz CT molecular complexity index is 893. The van der Waals surface area contributed by atoms with E-state index in [1.165, 1.54) is 50.5 Å². The van der Waals surface area contributed by atoms with E-state index < -0.39 is 17.9 Å². The van der Waals surface area contributed by atoms with E-state index in [2.05, 4.69) is 40.7 Å². The molecule has 39 heavy (non-hydrogen) atoms. The molecule has 0 radical (unpaired) electrons. The van der Waals surface area contributed by atoms with Crippen LogP contribution >= 0.6 is 0 Å². The number of halogens is 2. The average molecular weight is 551 g/mol. The smallest absolute Gasteiger partial charge is 0.332 e. The highest BCUT2D eigenvalue weighted by atomic mass is 19.3. The van der Waals surface area contributed by atoms with Crippen LogP contribution in [0, 0.1) is 46.3 Å². The van der Waals surface area contributed by atoms with Crippen molar-refractivity contribution in [3.05, 3.63) is 11.6 Å². The maximum atomic E-state index is 13.8. The van der Waals surface area contributed by atoms with E-state index >= 15 is 0 Å². The lowest BCUT2D eigenvalue weighted by Gasteiger charge is -2.58. The second-order valence-electron chi connectivity index (χ2n) is 14.8. The summed E-state index contributed by atoms with van der Waals surface area (Å²) in [5.41, 5.74) is 11.1. The molecule has 4 aliphatic rings. The first-order valence-electron chi connectivity index (χ1n) is 16.0. The third-order valence-electron chi connectivity index (χ3n) is 12.1. The van der Waals surface area contributed by atoms with Crippen LogP contribution in [-0.2, 0) is 9.53 Å². The molecule has 0 aromatic carbocycles. The van der Waals surface area contributed by atoms with E-state index in [0.29, 0.717) is 17.8 Å². The Morgan fingerprint density at radius 1 is 1.08 bits per heavy atom. The molecule has 9 unspecified atom stereocenters. The van der Waals surface area contributed by atoms with Crippen LogP contribution in [-0.4, -0.2) is 30.6 Å². The normalized spacial score (nSPS) is 38.4. The molecule has 0 heterocycles. The van der Waals surface area contributed by atoms with Gasteiger partial charge in [0.1, 0.15) is 6.10 Å². The van der Waals surface area contributed by atoms with Crippen molar-refractivity contribution < 1.29 is 18.3 Å². The highest BCUT2D eigenvalue weighted by molar-refractivity contribution is 5.81. The summed E-state index contributed by atoms with van der Waals surface area (Å²) in [4.78, 5) is 12.8. The van der Waals surface area contributed by atoms with E-state index in [1.54, 1.807) is 0 Å². The van der Waals surface area contributed by atoms with E-state index in [9.17, 15) is 13.6 Å². The zero-order valence-corrected chi connectivity index (χ0v) is 25.3. The van der Waals surface area contributed by atoms with Gasteiger partial charge in [0.05, 0.1) is 0 Å². The standard InChI is InChI=1S/C33H56F2N2O2/c1-21(2)8-6-9-22(3)26-12-13-27-25-11-10-23-20-24(39-30(38)33(37,29(34)35)16-7-19-36)14-17-31(23,4)28(25)15-18-32(26,27)5/h10,21-22,24-29H,6-9,11-20,36-37H2,1-5H3. The third kappa shape index (κ3) is 5.85. The molecule has 3 saturated carbocycles. The number of ether oxygens (including phenoxy) is 1. The lowest BCUT2D eigenvalue weighted by Crippen LogP contribution is -2.56. The number of rotatable bonds is 11. The van der Waals surface area contributed by atoms with Crippen LogP contribution in [0.25, 0.3) is 0 Å². The van der Waals surface area contributed by atoms with Crippen molar-refractivity contribution in [2.45, 2.75) is 136 Å². The van der Waals surface area contributed by atoms with Gasteiger partial charge in [0.2, 0.25) is 0 Å². The maximum absolute atomic E-state index is 13.8. The molecule has 4 nitrogen and oxygen atoms in total. The lowest BCUT2D eigenvalue weighted by molar-refractivity contribution is -0.165. The molecule has 9 atom stereocenters. The molecule has 6 heteroatoms. The van der Waals surface area contributed by atoms with Crippen LogP contribution in [0.2, 0.25) is 0 Å². The van der Waals surface area contributed by atoms with E-state index in [0.717, 1.165) is 48.9 Å². The molecule has 0 bridgehead atoms. The van der Waals surface area contributed by atoms with Gasteiger partial charge in [0.25, 0.3) is 6.43 Å². The minimum Gasteiger partial charge on any atom is -0.461 e. The summed E-state index contributed by atoms with van der Waals surface area (Å²) in [7, 11) is 0. The van der Waals surface area contributed by atoms with Crippen LogP contribution in [0.3, 0.4) is 0 Å². The lowest BCUT2D eigenvalue weighted by atomic mass is 9.47. The number of esters is 1. The summed E-state index contributed by atoms with van der Waals surface area (Å²) < 4.78 is 33.2. The van der Waals surface area contributed by atoms with Crippen molar-refractivity contribution in [1.82, 2.24) is 0 Å². The summed E-state index contributed by atoms with van der Waals surface area (Å²) >= 11 is 0. The highest BCUT2D eigenvalue weighted by Gasteiger charge is 2.59. The number of alkyl halides is 2. The second kappa shape index (κ2) is 12.1. The molecule has 4 aliphatic carbocycles. The van der Waals surface area contributed by atoms with Gasteiger partial charge in [-0.25, -0.2) is 13.6 Å². The minimum absolute atomic E-state index is 0.121. The monoisotopic (exact) mass is 550 g/mol. The summed E-state index contributed by atoms with van der Waals surface area (Å²) in [6, 6.07) is 0. The van der Waals surface area contributed by atoms with Gasteiger partial charge < -0.3 is 16.2 Å². The highest BCUT2D eigenvalue weighted by Crippen LogP contribution is 2.67. The summed E-state index contributed by atoms with van der Waals surface area (Å²) in [5.74, 6) is 3.67. The maximum Gasteiger partial charge on any atom is 0.332 e. The number of hydrogen-bond donors (Lipinski definition) is 2. The molecule has 0 aromatic rings. The molecule has 0 aromatic heterocycles. The Labute approximate surface area is 236 Å². The van der Waals surface area contributed by atoms with E-state index in [4.69, 9.17) is 16.2 Å². The molecule has 0 aliphatic heterocycles. The van der Waals surface area contributed by atoms with Gasteiger partial charge in [-0.1, -0.05) is 65.5 Å². The zero-order valence-electron chi connectivity index (χ0n) is 25.3. The van der Waals surface area contributed by atoms with Gasteiger partial charge in [0, 0.05) is 6.42 Å². The molecule has 224 valence electrons. The van der Waals surface area contributed by atoms with Crippen LogP contribution in [0.15, 0.2) is 11.6 Å². The SMILES string of the molecule is CC(C)CCCC(C)C1CCC2C3CC=C4CC(OC(=O)C(N)(CCCN)C(F)F)CCC4(C)C3CCC12C. The first-order chi connectivity index (χ1) is 18.4. The Balaban J connectivity index is 1.42. The zero-order chi connectivity index (χ0) is 28.6. The van der Waals surface area contributed by atoms with Gasteiger partial charge >= 0.3 is 5.97 Å². The van der Waals surface area contributed by atoms with Crippen molar-refractivity contribution in [3.63, 3.8) is 0 Å². The number of fused-ring (bicyclic) bond motifs is 5. The van der Waals surface area contributed by atoms with Gasteiger partial charge in [-0.3, -0.25) is 0 Å². The van der Waals surface area contributed by atoms with E-state index in [-0.39, 0.29) is 30.9 Å². The molecule has 4 rings (SSSR count). The van der Waals surface area contributed by atoms with Gasteiger partial charge in [-0.2, -0.15) is 0 Å². The Kier molecular flexibility index (Phi) is 9.58. The Morgan fingerprint density at radius 2 is 1.82 bits per heavy atom. The first-order valence-corrected chi connectivity index (χ1v) is 16.0. The molecule has 0 saturated heterocycles. The first kappa shape index (κ1) is 30.9. The predicted molar refractivity (Wildman–Crippen MR) is 154 cm³/mol. The largest absolute Gasteiger partial charge is 0.461 e. The van der Waals surface area contributed by atoms with E-state index in [1.807, 2.05) is 0 Å². The summed E-state index contributed by atoms with van der Waals surface area (Å²) in [6.07, 6.45) is 12.1. The molecule has 4 N–H and O–H groups in total. The Hall–Kier alpha value is -1.01. The summed E-state index contributed by atoms with van der Waals surface area (Å²) in [6.45, 7) is 12.5. The van der Waals surface area contributed by atoms with Crippen LogP contribution in [0.5, 0.6) is 0 Å². The van der Waals surface area contributed by atoms with Crippen molar-refractivity contribution >= 4 is 5.97 Å². The number of hydrogen-bond acceptors (Lipinski definition) is 4. The van der Waals surface area contributed by atoms with Crippen molar-refractivity contribution in [3.8, 4) is 0 Å². The second-order valence-corrected chi connectivity index (χ2v) is 14.8. The quantitative estimate of drug-likeness (QED) is 0.205. The molecule has 3 fully saturated rings. The van der Waals surface area contributed by atoms with Crippen molar-refractivity contribution in [2.24, 2.45) is 57.8 Å². The fourth-order valence-electron chi connectivity index (χ4n) is 9.71. The van der Waals surface area contributed by atoms with Crippen molar-refractivity contribution in [1.29, 1.82) is 0 Å². The minimum atomic E-state index is -2.97. The summed E-state index contributed by atoms with van der Waals surface area (Å²) in [5, 5.41) is 0. The Morgan fingerprint density at radius 3 is 2.49 bits per heavy atom. The number of nitrogens with two attached hydrogens (primary N) is 2. The van der Waals surface area contributed by atoms with Gasteiger partial charge in [-0.05, 0) is 111 Å². The molecule has 0 spiro atoms. The number of carbonyl (C=O) groups excluding carboxylic acids is 1. The molecular formula is C33H56F2N2O2. The van der Waals surface area contributed by atoms with Gasteiger partial charge in [-0.15, -0.1) is 0 Å². The molecular weight excluding hydrogens is 494 g/mol. The fourth-order valence-corrected chi connectivity index (χ4v) is 9.71. The molecule has 0 amide bonds. The van der Waals surface area contributed by atoms with Gasteiger partial charge in [0.15, 0.2) is 5.54 Å².